The summed E-state index contributed by atoms with van der Waals surface area (Å²) in [5, 5.41) is 17.2. The Labute approximate surface area is 276 Å². The summed E-state index contributed by atoms with van der Waals surface area (Å²) in [6.07, 6.45) is 1.59. The molecule has 2 aromatic carbocycles. The number of aromatic amines is 1. The van der Waals surface area contributed by atoms with Crippen LogP contribution in [-0.4, -0.2) is 73.7 Å². The first-order chi connectivity index (χ1) is 23.0. The highest BCUT2D eigenvalue weighted by atomic mass is 16.5. The van der Waals surface area contributed by atoms with Crippen molar-refractivity contribution in [2.24, 2.45) is 5.73 Å². The van der Waals surface area contributed by atoms with Crippen molar-refractivity contribution >= 4 is 28.9 Å². The number of nitrogens with zero attached hydrogens (tertiary/aromatic N) is 3. The molecule has 2 heterocycles. The number of fused-ring (bicyclic) bond motifs is 1. The number of ether oxygens (including phenoxy) is 1. The molecule has 0 aliphatic rings. The maximum Gasteiger partial charge on any atom is 0.332 e. The molecule has 3 amide bonds. The minimum absolute atomic E-state index is 0.112. The molecule has 4 aromatic rings. The van der Waals surface area contributed by atoms with Gasteiger partial charge < -0.3 is 36.5 Å². The predicted molar refractivity (Wildman–Crippen MR) is 180 cm³/mol. The Morgan fingerprint density at radius 3 is 2.25 bits per heavy atom. The molecule has 7 N–H and O–H groups in total. The number of amides is 3. The maximum absolute atomic E-state index is 13.0. The molecule has 48 heavy (non-hydrogen) atoms. The number of aryl methyl sites for hydroxylation is 1. The van der Waals surface area contributed by atoms with Crippen LogP contribution in [0.25, 0.3) is 22.6 Å². The standard InChI is InChI=1S/C33H42N8O7/c1-4-16-40-29-27(32(46)41(17-5-2)33(40)47)38-28(39-29)22-8-12-24(13-9-22)48-19-26(43)35-14-15-36-30(44)20(3)37-31(45)25(34)18-21-6-10-23(42)11-7-21/h6-13,20,25,42H,4-5,14-19,34H2,1-3H3,(H,35,43)(H,36,44)(H,37,45)(H,38,39)/t20-,25-/m0/s1. The van der Waals surface area contributed by atoms with Crippen LogP contribution in [-0.2, 0) is 33.9 Å². The van der Waals surface area contributed by atoms with Gasteiger partial charge in [-0.3, -0.25) is 28.3 Å². The molecule has 0 fully saturated rings. The SMILES string of the molecule is CCCn1c(=O)c2[nH]c(-c3ccc(OCC(=O)NCCNC(=O)[C@H](C)NC(=O)[C@@H](N)Cc4ccc(O)cc4)cc3)nc2n(CCC)c1=O. The van der Waals surface area contributed by atoms with Crippen molar-refractivity contribution in [2.45, 2.75) is 65.2 Å². The molecule has 0 aliphatic carbocycles. The summed E-state index contributed by atoms with van der Waals surface area (Å²) >= 11 is 0. The van der Waals surface area contributed by atoms with Crippen molar-refractivity contribution in [1.29, 1.82) is 0 Å². The van der Waals surface area contributed by atoms with Crippen LogP contribution in [0.3, 0.4) is 0 Å². The molecule has 0 saturated heterocycles. The van der Waals surface area contributed by atoms with Crippen molar-refractivity contribution in [3.8, 4) is 22.9 Å². The van der Waals surface area contributed by atoms with E-state index in [0.29, 0.717) is 48.7 Å². The molecule has 2 aromatic heterocycles. The van der Waals surface area contributed by atoms with E-state index in [0.717, 1.165) is 5.56 Å². The Balaban J connectivity index is 1.21. The quantitative estimate of drug-likeness (QED) is 0.0933. The summed E-state index contributed by atoms with van der Waals surface area (Å²) in [5.74, 6) is -0.352. The molecule has 0 unspecified atom stereocenters. The van der Waals surface area contributed by atoms with Crippen LogP contribution >= 0.6 is 0 Å². The van der Waals surface area contributed by atoms with Gasteiger partial charge in [-0.2, -0.15) is 0 Å². The van der Waals surface area contributed by atoms with Crippen molar-refractivity contribution in [3.63, 3.8) is 0 Å². The van der Waals surface area contributed by atoms with E-state index in [-0.39, 0.29) is 43.1 Å². The number of aromatic nitrogens is 4. The molecule has 0 saturated carbocycles. The summed E-state index contributed by atoms with van der Waals surface area (Å²) < 4.78 is 8.33. The fourth-order valence-corrected chi connectivity index (χ4v) is 4.96. The molecule has 0 spiro atoms. The zero-order valence-corrected chi connectivity index (χ0v) is 27.2. The number of hydrogen-bond acceptors (Lipinski definition) is 9. The molecule has 0 aliphatic heterocycles. The van der Waals surface area contributed by atoms with E-state index in [1.54, 1.807) is 36.4 Å². The van der Waals surface area contributed by atoms with Crippen molar-refractivity contribution in [1.82, 2.24) is 35.1 Å². The van der Waals surface area contributed by atoms with E-state index in [2.05, 4.69) is 25.9 Å². The molecular weight excluding hydrogens is 620 g/mol. The number of imidazole rings is 1. The first-order valence-corrected chi connectivity index (χ1v) is 15.9. The molecule has 2 atom stereocenters. The van der Waals surface area contributed by atoms with Gasteiger partial charge in [-0.1, -0.05) is 26.0 Å². The minimum atomic E-state index is -0.873. The molecule has 15 nitrogen and oxygen atoms in total. The van der Waals surface area contributed by atoms with Gasteiger partial charge in [-0.15, -0.1) is 0 Å². The molecule has 256 valence electrons. The number of H-pyrrole nitrogens is 1. The van der Waals surface area contributed by atoms with Crippen molar-refractivity contribution in [3.05, 3.63) is 74.9 Å². The zero-order chi connectivity index (χ0) is 34.8. The Bertz CT molecular complexity index is 1850. The van der Waals surface area contributed by atoms with Crippen LogP contribution in [0.5, 0.6) is 11.5 Å². The molecule has 4 rings (SSSR count). The monoisotopic (exact) mass is 662 g/mol. The normalized spacial score (nSPS) is 12.3. The van der Waals surface area contributed by atoms with Gasteiger partial charge in [0.25, 0.3) is 11.5 Å². The molecule has 15 heteroatoms. The van der Waals surface area contributed by atoms with Crippen LogP contribution in [0.15, 0.2) is 58.1 Å². The topological polar surface area (TPSA) is 215 Å². The second-order valence-electron chi connectivity index (χ2n) is 11.3. The highest BCUT2D eigenvalue weighted by Crippen LogP contribution is 2.22. The number of rotatable bonds is 16. The van der Waals surface area contributed by atoms with Crippen LogP contribution in [0, 0.1) is 0 Å². The number of aromatic hydroxyl groups is 1. The number of carbonyl (C=O) groups excluding carboxylic acids is 3. The number of nitrogens with two attached hydrogens (primary N) is 1. The number of phenolic OH excluding ortho intramolecular Hbond substituents is 1. The van der Waals surface area contributed by atoms with Crippen LogP contribution in [0.4, 0.5) is 0 Å². The smallest absolute Gasteiger partial charge is 0.332 e. The van der Waals surface area contributed by atoms with Crippen molar-refractivity contribution < 1.29 is 24.2 Å². The maximum atomic E-state index is 13.0. The van der Waals surface area contributed by atoms with E-state index >= 15 is 0 Å². The Morgan fingerprint density at radius 2 is 1.58 bits per heavy atom. The summed E-state index contributed by atoms with van der Waals surface area (Å²) in [6.45, 7) is 6.14. The van der Waals surface area contributed by atoms with Gasteiger partial charge in [0.1, 0.15) is 28.9 Å². The highest BCUT2D eigenvalue weighted by Gasteiger charge is 2.21. The lowest BCUT2D eigenvalue weighted by Gasteiger charge is -2.17. The third-order valence-electron chi connectivity index (χ3n) is 7.48. The average molecular weight is 663 g/mol. The first kappa shape index (κ1) is 35.4. The van der Waals surface area contributed by atoms with E-state index < -0.39 is 35.4 Å². The number of hydrogen-bond donors (Lipinski definition) is 6. The molecular formula is C33H42N8O7. The summed E-state index contributed by atoms with van der Waals surface area (Å²) in [7, 11) is 0. The largest absolute Gasteiger partial charge is 0.508 e. The fourth-order valence-electron chi connectivity index (χ4n) is 4.96. The second-order valence-corrected chi connectivity index (χ2v) is 11.3. The first-order valence-electron chi connectivity index (χ1n) is 15.9. The minimum Gasteiger partial charge on any atom is -0.508 e. The van der Waals surface area contributed by atoms with Gasteiger partial charge in [0.15, 0.2) is 12.3 Å². The third-order valence-corrected chi connectivity index (χ3v) is 7.48. The Hall–Kier alpha value is -5.44. The lowest BCUT2D eigenvalue weighted by Crippen LogP contribution is -2.51. The van der Waals surface area contributed by atoms with E-state index in [1.807, 2.05) is 13.8 Å². The number of nitrogens with one attached hydrogen (secondary N) is 4. The van der Waals surface area contributed by atoms with E-state index in [4.69, 9.17) is 10.5 Å². The second kappa shape index (κ2) is 16.4. The van der Waals surface area contributed by atoms with Gasteiger partial charge >= 0.3 is 5.69 Å². The Kier molecular flexibility index (Phi) is 12.1. The van der Waals surface area contributed by atoms with Gasteiger partial charge in [-0.05, 0) is 68.1 Å². The highest BCUT2D eigenvalue weighted by molar-refractivity contribution is 5.89. The Morgan fingerprint density at radius 1 is 0.938 bits per heavy atom. The van der Waals surface area contributed by atoms with Crippen LogP contribution < -0.4 is 37.7 Å². The zero-order valence-electron chi connectivity index (χ0n) is 27.2. The number of phenols is 1. The van der Waals surface area contributed by atoms with Gasteiger partial charge in [-0.25, -0.2) is 9.78 Å². The third kappa shape index (κ3) is 8.88. The summed E-state index contributed by atoms with van der Waals surface area (Å²) in [6, 6.07) is 11.4. The lowest BCUT2D eigenvalue weighted by molar-refractivity contribution is -0.129. The van der Waals surface area contributed by atoms with Gasteiger partial charge in [0, 0.05) is 31.7 Å². The molecule has 0 bridgehead atoms. The van der Waals surface area contributed by atoms with Crippen molar-refractivity contribution in [2.75, 3.05) is 19.7 Å². The lowest BCUT2D eigenvalue weighted by atomic mass is 10.1. The summed E-state index contributed by atoms with van der Waals surface area (Å²) in [4.78, 5) is 70.6. The van der Waals surface area contributed by atoms with Crippen LogP contribution in [0.2, 0.25) is 0 Å². The van der Waals surface area contributed by atoms with E-state index in [1.165, 1.54) is 28.2 Å². The number of carbonyl (C=O) groups is 3. The van der Waals surface area contributed by atoms with Crippen LogP contribution in [0.1, 0.15) is 39.2 Å². The van der Waals surface area contributed by atoms with Gasteiger partial charge in [0.2, 0.25) is 11.8 Å². The predicted octanol–water partition coefficient (Wildman–Crippen LogP) is 0.765. The molecule has 0 radical (unpaired) electrons. The average Bonchev–Trinajstić information content (AvgIpc) is 3.53. The van der Waals surface area contributed by atoms with Gasteiger partial charge in [0.05, 0.1) is 6.04 Å². The van der Waals surface area contributed by atoms with E-state index in [9.17, 15) is 29.1 Å². The fraction of sp³-hybridized carbons (Fsp3) is 0.394. The number of benzene rings is 2. The summed E-state index contributed by atoms with van der Waals surface area (Å²) in [5.41, 5.74) is 7.20.